The van der Waals surface area contributed by atoms with Gasteiger partial charge in [0.05, 0.1) is 17.0 Å². The zero-order valence-corrected chi connectivity index (χ0v) is 14.5. The molecule has 124 valence electrons. The molecule has 0 atom stereocenters. The lowest BCUT2D eigenvalue weighted by molar-refractivity contribution is -0.114. The quantitative estimate of drug-likeness (QED) is 0.864. The minimum absolute atomic E-state index is 0.0253. The van der Waals surface area contributed by atoms with Crippen molar-refractivity contribution in [2.24, 2.45) is 0 Å². The molecule has 1 N–H and O–H groups in total. The molecule has 2 rings (SSSR count). The number of amides is 1. The van der Waals surface area contributed by atoms with Crippen LogP contribution in [0.5, 0.6) is 0 Å². The van der Waals surface area contributed by atoms with Crippen molar-refractivity contribution in [1.29, 1.82) is 0 Å². The summed E-state index contributed by atoms with van der Waals surface area (Å²) in [5.74, 6) is -0.149. The number of aryl methyl sites for hydroxylation is 1. The highest BCUT2D eigenvalue weighted by atomic mass is 35.5. The standard InChI is InChI=1S/C13H13Cl2N3O4S/c1-8-5-12(17-22-8)18(23(2,20)21)7-13(19)16-11-6-9(14)3-4-10(11)15/h3-6H,7H2,1-2H3,(H,16,19). The fraction of sp³-hybridized carbons (Fsp3) is 0.231. The Kier molecular flexibility index (Phi) is 5.18. The highest BCUT2D eigenvalue weighted by Crippen LogP contribution is 2.25. The first-order valence-electron chi connectivity index (χ1n) is 6.33. The molecular weight excluding hydrogens is 365 g/mol. The molecule has 1 aromatic heterocycles. The summed E-state index contributed by atoms with van der Waals surface area (Å²) in [6.45, 7) is 1.14. The summed E-state index contributed by atoms with van der Waals surface area (Å²) in [7, 11) is -3.72. The molecule has 10 heteroatoms. The molecule has 0 saturated carbocycles. The first kappa shape index (κ1) is 17.6. The van der Waals surface area contributed by atoms with Crippen LogP contribution in [0.2, 0.25) is 10.0 Å². The summed E-state index contributed by atoms with van der Waals surface area (Å²) in [4.78, 5) is 12.1. The van der Waals surface area contributed by atoms with Gasteiger partial charge in [0.25, 0.3) is 0 Å². The third-order valence-corrected chi connectivity index (χ3v) is 4.44. The summed E-state index contributed by atoms with van der Waals surface area (Å²) in [6.07, 6.45) is 0.969. The fourth-order valence-electron chi connectivity index (χ4n) is 1.75. The second kappa shape index (κ2) is 6.77. The van der Waals surface area contributed by atoms with Gasteiger partial charge in [0, 0.05) is 11.1 Å². The summed E-state index contributed by atoms with van der Waals surface area (Å²) >= 11 is 11.8. The number of hydrogen-bond acceptors (Lipinski definition) is 5. The fourth-order valence-corrected chi connectivity index (χ4v) is 2.87. The van der Waals surface area contributed by atoms with E-state index in [1.54, 1.807) is 13.0 Å². The van der Waals surface area contributed by atoms with Gasteiger partial charge in [0.15, 0.2) is 5.82 Å². The number of sulfonamides is 1. The molecule has 0 spiro atoms. The molecule has 0 aliphatic rings. The predicted molar refractivity (Wildman–Crippen MR) is 88.5 cm³/mol. The molecule has 0 aliphatic carbocycles. The smallest absolute Gasteiger partial charge is 0.245 e. The Morgan fingerprint density at radius 3 is 2.61 bits per heavy atom. The molecular formula is C13H13Cl2N3O4S. The number of nitrogens with zero attached hydrogens (tertiary/aromatic N) is 2. The predicted octanol–water partition coefficient (Wildman–Crippen LogP) is 2.69. The second-order valence-corrected chi connectivity index (χ2v) is 7.49. The van der Waals surface area contributed by atoms with Crippen molar-refractivity contribution in [3.05, 3.63) is 40.1 Å². The molecule has 1 heterocycles. The van der Waals surface area contributed by atoms with Crippen LogP contribution in [0.3, 0.4) is 0 Å². The van der Waals surface area contributed by atoms with Gasteiger partial charge in [0.2, 0.25) is 15.9 Å². The molecule has 23 heavy (non-hydrogen) atoms. The Morgan fingerprint density at radius 2 is 2.04 bits per heavy atom. The highest BCUT2D eigenvalue weighted by Gasteiger charge is 2.24. The van der Waals surface area contributed by atoms with Crippen LogP contribution in [0.25, 0.3) is 0 Å². The van der Waals surface area contributed by atoms with Gasteiger partial charge < -0.3 is 9.84 Å². The van der Waals surface area contributed by atoms with Crippen LogP contribution >= 0.6 is 23.2 Å². The van der Waals surface area contributed by atoms with Crippen LogP contribution in [-0.4, -0.2) is 32.3 Å². The van der Waals surface area contributed by atoms with E-state index in [1.165, 1.54) is 18.2 Å². The van der Waals surface area contributed by atoms with E-state index in [4.69, 9.17) is 27.7 Å². The van der Waals surface area contributed by atoms with Crippen LogP contribution in [-0.2, 0) is 14.8 Å². The maximum absolute atomic E-state index is 12.1. The van der Waals surface area contributed by atoms with Crippen molar-refractivity contribution in [3.63, 3.8) is 0 Å². The van der Waals surface area contributed by atoms with Crippen molar-refractivity contribution in [2.45, 2.75) is 6.92 Å². The van der Waals surface area contributed by atoms with Crippen molar-refractivity contribution in [3.8, 4) is 0 Å². The van der Waals surface area contributed by atoms with E-state index < -0.39 is 22.5 Å². The third kappa shape index (κ3) is 4.60. The zero-order chi connectivity index (χ0) is 17.2. The van der Waals surface area contributed by atoms with Gasteiger partial charge in [-0.15, -0.1) is 0 Å². The normalized spacial score (nSPS) is 11.3. The number of carbonyl (C=O) groups is 1. The number of carbonyl (C=O) groups excluding carboxylic acids is 1. The molecule has 2 aromatic rings. The molecule has 1 aromatic carbocycles. The van der Waals surface area contributed by atoms with Crippen LogP contribution < -0.4 is 9.62 Å². The van der Waals surface area contributed by atoms with E-state index in [9.17, 15) is 13.2 Å². The number of rotatable bonds is 5. The Morgan fingerprint density at radius 1 is 1.35 bits per heavy atom. The van der Waals surface area contributed by atoms with E-state index in [2.05, 4.69) is 10.5 Å². The van der Waals surface area contributed by atoms with E-state index in [-0.39, 0.29) is 16.5 Å². The molecule has 0 saturated heterocycles. The maximum atomic E-state index is 12.1. The van der Waals surface area contributed by atoms with Crippen molar-refractivity contribution in [2.75, 3.05) is 22.4 Å². The van der Waals surface area contributed by atoms with Crippen molar-refractivity contribution >= 4 is 50.6 Å². The SMILES string of the molecule is Cc1cc(N(CC(=O)Nc2cc(Cl)ccc2Cl)S(C)(=O)=O)no1. The van der Waals surface area contributed by atoms with E-state index in [0.29, 0.717) is 10.8 Å². The lowest BCUT2D eigenvalue weighted by Crippen LogP contribution is -2.37. The number of halogens is 2. The third-order valence-electron chi connectivity index (χ3n) is 2.76. The average Bonchev–Trinajstić information content (AvgIpc) is 2.85. The van der Waals surface area contributed by atoms with Crippen molar-refractivity contribution < 1.29 is 17.7 Å². The monoisotopic (exact) mass is 377 g/mol. The Labute approximate surface area is 143 Å². The maximum Gasteiger partial charge on any atom is 0.245 e. The van der Waals surface area contributed by atoms with Gasteiger partial charge in [-0.3, -0.25) is 4.79 Å². The van der Waals surface area contributed by atoms with Crippen LogP contribution in [0.15, 0.2) is 28.8 Å². The lowest BCUT2D eigenvalue weighted by Gasteiger charge is -2.18. The van der Waals surface area contributed by atoms with Crippen molar-refractivity contribution in [1.82, 2.24) is 5.16 Å². The summed E-state index contributed by atoms with van der Waals surface area (Å²) < 4.78 is 29.4. The topological polar surface area (TPSA) is 92.5 Å². The van der Waals surface area contributed by atoms with Gasteiger partial charge in [-0.1, -0.05) is 28.4 Å². The van der Waals surface area contributed by atoms with E-state index in [1.807, 2.05) is 0 Å². The van der Waals surface area contributed by atoms with Gasteiger partial charge in [-0.25, -0.2) is 12.7 Å². The zero-order valence-electron chi connectivity index (χ0n) is 12.2. The first-order chi connectivity index (χ1) is 10.7. The molecule has 0 fully saturated rings. The molecule has 7 nitrogen and oxygen atoms in total. The lowest BCUT2D eigenvalue weighted by atomic mass is 10.3. The van der Waals surface area contributed by atoms with Gasteiger partial charge in [0.1, 0.15) is 12.3 Å². The summed E-state index contributed by atoms with van der Waals surface area (Å²) in [5.41, 5.74) is 0.286. The Bertz CT molecular complexity index is 835. The van der Waals surface area contributed by atoms with E-state index >= 15 is 0 Å². The Hall–Kier alpha value is -1.77. The van der Waals surface area contributed by atoms with Gasteiger partial charge in [-0.2, -0.15) is 0 Å². The van der Waals surface area contributed by atoms with Crippen LogP contribution in [0, 0.1) is 6.92 Å². The highest BCUT2D eigenvalue weighted by molar-refractivity contribution is 7.92. The average molecular weight is 378 g/mol. The number of benzene rings is 1. The summed E-state index contributed by atoms with van der Waals surface area (Å²) in [5, 5.41) is 6.80. The number of nitrogens with one attached hydrogen (secondary N) is 1. The number of anilines is 2. The summed E-state index contributed by atoms with van der Waals surface area (Å²) in [6, 6.07) is 5.98. The molecule has 1 amide bonds. The molecule has 0 radical (unpaired) electrons. The largest absolute Gasteiger partial charge is 0.360 e. The van der Waals surface area contributed by atoms with Crippen LogP contribution in [0.1, 0.15) is 5.76 Å². The van der Waals surface area contributed by atoms with Gasteiger partial charge in [-0.05, 0) is 25.1 Å². The number of aromatic nitrogens is 1. The Balaban J connectivity index is 2.20. The van der Waals surface area contributed by atoms with E-state index in [0.717, 1.165) is 10.6 Å². The minimum Gasteiger partial charge on any atom is -0.360 e. The van der Waals surface area contributed by atoms with Gasteiger partial charge >= 0.3 is 0 Å². The minimum atomic E-state index is -3.72. The second-order valence-electron chi connectivity index (χ2n) is 4.74. The number of hydrogen-bond donors (Lipinski definition) is 1. The molecule has 0 unspecified atom stereocenters. The first-order valence-corrected chi connectivity index (χ1v) is 8.93. The van der Waals surface area contributed by atoms with Crippen LogP contribution in [0.4, 0.5) is 11.5 Å². The molecule has 0 bridgehead atoms. The molecule has 0 aliphatic heterocycles.